The smallest absolute Gasteiger partial charge is 0.255 e. The van der Waals surface area contributed by atoms with Crippen LogP contribution in [0, 0.1) is 0 Å². The van der Waals surface area contributed by atoms with Gasteiger partial charge in [-0.3, -0.25) is 14.2 Å². The van der Waals surface area contributed by atoms with E-state index < -0.39 is 0 Å². The van der Waals surface area contributed by atoms with Crippen molar-refractivity contribution < 1.29 is 14.3 Å². The molecule has 1 atom stereocenters. The van der Waals surface area contributed by atoms with E-state index in [2.05, 4.69) is 9.97 Å². The van der Waals surface area contributed by atoms with Crippen LogP contribution in [0.1, 0.15) is 22.2 Å². The molecule has 0 N–H and O–H groups in total. The van der Waals surface area contributed by atoms with Crippen molar-refractivity contribution in [3.63, 3.8) is 0 Å². The molecule has 0 unspecified atom stereocenters. The zero-order chi connectivity index (χ0) is 21.2. The summed E-state index contributed by atoms with van der Waals surface area (Å²) in [6.07, 6.45) is 6.70. The summed E-state index contributed by atoms with van der Waals surface area (Å²) in [6, 6.07) is 13.3. The Morgan fingerprint density at radius 1 is 1.16 bits per heavy atom. The van der Waals surface area contributed by atoms with Crippen LogP contribution in [0.25, 0.3) is 16.9 Å². The topological polar surface area (TPSA) is 81.8 Å². The highest BCUT2D eigenvalue weighted by Gasteiger charge is 2.28. The van der Waals surface area contributed by atoms with Gasteiger partial charge >= 0.3 is 0 Å². The lowest BCUT2D eigenvalue weighted by atomic mass is 10.1. The monoisotopic (exact) mass is 415 g/mol. The van der Waals surface area contributed by atoms with E-state index in [1.165, 1.54) is 0 Å². The van der Waals surface area contributed by atoms with E-state index in [1.807, 2.05) is 40.9 Å². The number of aromatic nitrogens is 4. The lowest BCUT2D eigenvalue weighted by Gasteiger charge is -2.32. The SMILES string of the molecule is COc1ccc(-c2cccc3nc([C@@H]4CN(C(=O)c5cccnc5)CCO4)cn23)cn1. The Balaban J connectivity index is 1.43. The van der Waals surface area contributed by atoms with Gasteiger partial charge in [-0.15, -0.1) is 0 Å². The molecule has 0 bridgehead atoms. The maximum atomic E-state index is 12.8. The first-order valence-corrected chi connectivity index (χ1v) is 10.0. The van der Waals surface area contributed by atoms with E-state index in [9.17, 15) is 4.79 Å². The Bertz CT molecular complexity index is 1210. The molecule has 1 amide bonds. The fourth-order valence-electron chi connectivity index (χ4n) is 3.76. The third-order valence-electron chi connectivity index (χ3n) is 5.34. The number of carbonyl (C=O) groups is 1. The molecule has 8 heteroatoms. The predicted molar refractivity (Wildman–Crippen MR) is 114 cm³/mol. The Labute approximate surface area is 179 Å². The number of carbonyl (C=O) groups excluding carboxylic acids is 1. The summed E-state index contributed by atoms with van der Waals surface area (Å²) in [6.45, 7) is 1.44. The third-order valence-corrected chi connectivity index (χ3v) is 5.34. The first-order chi connectivity index (χ1) is 15.2. The first-order valence-electron chi connectivity index (χ1n) is 10.0. The van der Waals surface area contributed by atoms with Crippen LogP contribution in [0.3, 0.4) is 0 Å². The van der Waals surface area contributed by atoms with Crippen molar-refractivity contribution in [2.45, 2.75) is 6.10 Å². The number of methoxy groups -OCH3 is 1. The standard InChI is InChI=1S/C23H21N5O3/c1-30-22-8-7-16(13-25-22)19-5-2-6-21-26-18(14-28(19)21)20-15-27(10-11-31-20)23(29)17-4-3-9-24-12-17/h2-9,12-14,20H,10-11,15H2,1H3/t20-/m0/s1. The number of rotatable bonds is 4. The molecular formula is C23H21N5O3. The second-order valence-corrected chi connectivity index (χ2v) is 7.25. The molecule has 4 aromatic rings. The average Bonchev–Trinajstić information content (AvgIpc) is 3.29. The van der Waals surface area contributed by atoms with Crippen molar-refractivity contribution in [2.24, 2.45) is 0 Å². The molecule has 0 saturated carbocycles. The van der Waals surface area contributed by atoms with Crippen LogP contribution < -0.4 is 4.74 Å². The maximum absolute atomic E-state index is 12.8. The van der Waals surface area contributed by atoms with E-state index >= 15 is 0 Å². The quantitative estimate of drug-likeness (QED) is 0.510. The minimum atomic E-state index is -0.295. The largest absolute Gasteiger partial charge is 0.481 e. The number of hydrogen-bond donors (Lipinski definition) is 0. The van der Waals surface area contributed by atoms with E-state index in [4.69, 9.17) is 14.5 Å². The normalized spacial score (nSPS) is 16.4. The van der Waals surface area contributed by atoms with Gasteiger partial charge in [-0.05, 0) is 30.3 Å². The highest BCUT2D eigenvalue weighted by atomic mass is 16.5. The van der Waals surface area contributed by atoms with Crippen LogP contribution >= 0.6 is 0 Å². The molecule has 1 aliphatic heterocycles. The van der Waals surface area contributed by atoms with Gasteiger partial charge in [0.25, 0.3) is 5.91 Å². The second kappa shape index (κ2) is 8.16. The van der Waals surface area contributed by atoms with Crippen LogP contribution in [0.15, 0.2) is 67.3 Å². The molecule has 5 heterocycles. The summed E-state index contributed by atoms with van der Waals surface area (Å²) in [7, 11) is 1.59. The van der Waals surface area contributed by atoms with Crippen LogP contribution in [0.2, 0.25) is 0 Å². The highest BCUT2D eigenvalue weighted by Crippen LogP contribution is 2.27. The fraction of sp³-hybridized carbons (Fsp3) is 0.217. The van der Waals surface area contributed by atoms with Crippen LogP contribution in [-0.4, -0.2) is 57.0 Å². The van der Waals surface area contributed by atoms with Gasteiger partial charge in [0.05, 0.1) is 37.2 Å². The zero-order valence-electron chi connectivity index (χ0n) is 17.0. The zero-order valence-corrected chi connectivity index (χ0v) is 17.0. The summed E-state index contributed by atoms with van der Waals surface area (Å²) in [5.74, 6) is 0.520. The molecule has 0 radical (unpaired) electrons. The van der Waals surface area contributed by atoms with E-state index in [-0.39, 0.29) is 12.0 Å². The van der Waals surface area contributed by atoms with Gasteiger partial charge in [0, 0.05) is 43.0 Å². The number of imidazole rings is 1. The molecule has 0 spiro atoms. The molecule has 156 valence electrons. The van der Waals surface area contributed by atoms with Crippen molar-refractivity contribution in [3.8, 4) is 17.1 Å². The molecule has 4 aromatic heterocycles. The van der Waals surface area contributed by atoms with Gasteiger partial charge in [0.15, 0.2) is 0 Å². The van der Waals surface area contributed by atoms with Crippen molar-refractivity contribution in [3.05, 3.63) is 78.5 Å². The lowest BCUT2D eigenvalue weighted by molar-refractivity contribution is -0.0245. The van der Waals surface area contributed by atoms with Crippen molar-refractivity contribution in [1.82, 2.24) is 24.3 Å². The van der Waals surface area contributed by atoms with E-state index in [0.717, 1.165) is 22.6 Å². The Morgan fingerprint density at radius 2 is 2.10 bits per heavy atom. The maximum Gasteiger partial charge on any atom is 0.255 e. The average molecular weight is 415 g/mol. The third kappa shape index (κ3) is 3.73. The van der Waals surface area contributed by atoms with Gasteiger partial charge in [-0.1, -0.05) is 6.07 Å². The minimum Gasteiger partial charge on any atom is -0.481 e. The lowest BCUT2D eigenvalue weighted by Crippen LogP contribution is -2.42. The summed E-state index contributed by atoms with van der Waals surface area (Å²) >= 11 is 0. The van der Waals surface area contributed by atoms with Crippen LogP contribution in [0.4, 0.5) is 0 Å². The van der Waals surface area contributed by atoms with Crippen molar-refractivity contribution in [2.75, 3.05) is 26.8 Å². The van der Waals surface area contributed by atoms with E-state index in [1.54, 1.807) is 42.7 Å². The van der Waals surface area contributed by atoms with Gasteiger partial charge in [0.2, 0.25) is 5.88 Å². The van der Waals surface area contributed by atoms with Crippen molar-refractivity contribution >= 4 is 11.6 Å². The van der Waals surface area contributed by atoms with Gasteiger partial charge in [-0.2, -0.15) is 0 Å². The van der Waals surface area contributed by atoms with Gasteiger partial charge in [0.1, 0.15) is 11.8 Å². The molecule has 31 heavy (non-hydrogen) atoms. The molecule has 5 rings (SSSR count). The number of nitrogens with zero attached hydrogens (tertiary/aromatic N) is 5. The second-order valence-electron chi connectivity index (χ2n) is 7.25. The van der Waals surface area contributed by atoms with Crippen LogP contribution in [0.5, 0.6) is 5.88 Å². The van der Waals surface area contributed by atoms with E-state index in [0.29, 0.717) is 31.1 Å². The number of fused-ring (bicyclic) bond motifs is 1. The fourth-order valence-corrected chi connectivity index (χ4v) is 3.76. The molecular weight excluding hydrogens is 394 g/mol. The van der Waals surface area contributed by atoms with Gasteiger partial charge in [-0.25, -0.2) is 9.97 Å². The number of hydrogen-bond acceptors (Lipinski definition) is 6. The Hall–Kier alpha value is -3.78. The Morgan fingerprint density at radius 3 is 2.87 bits per heavy atom. The minimum absolute atomic E-state index is 0.0461. The highest BCUT2D eigenvalue weighted by molar-refractivity contribution is 5.94. The number of ether oxygens (including phenoxy) is 2. The summed E-state index contributed by atoms with van der Waals surface area (Å²) in [4.78, 5) is 27.7. The van der Waals surface area contributed by atoms with Crippen LogP contribution in [-0.2, 0) is 4.74 Å². The van der Waals surface area contributed by atoms with Crippen molar-refractivity contribution in [1.29, 1.82) is 0 Å². The molecule has 8 nitrogen and oxygen atoms in total. The summed E-state index contributed by atoms with van der Waals surface area (Å²) < 4.78 is 13.1. The number of amides is 1. The number of pyridine rings is 3. The number of morpholine rings is 1. The van der Waals surface area contributed by atoms with Gasteiger partial charge < -0.3 is 14.4 Å². The molecule has 1 aliphatic rings. The molecule has 0 aliphatic carbocycles. The summed E-state index contributed by atoms with van der Waals surface area (Å²) in [5, 5.41) is 0. The Kier molecular flexibility index (Phi) is 5.05. The molecule has 1 saturated heterocycles. The molecule has 1 fully saturated rings. The predicted octanol–water partition coefficient (Wildman–Crippen LogP) is 3.01. The first kappa shape index (κ1) is 19.2. The molecule has 0 aromatic carbocycles. The summed E-state index contributed by atoms with van der Waals surface area (Å²) in [5.41, 5.74) is 4.09.